The molecule has 0 saturated heterocycles. The van der Waals surface area contributed by atoms with Gasteiger partial charge in [-0.1, -0.05) is 30.3 Å². The van der Waals surface area contributed by atoms with Gasteiger partial charge in [-0.2, -0.15) is 0 Å². The molecule has 0 aromatic heterocycles. The third-order valence-corrected chi connectivity index (χ3v) is 7.01. The van der Waals surface area contributed by atoms with Crippen molar-refractivity contribution in [3.63, 3.8) is 0 Å². The van der Waals surface area contributed by atoms with E-state index < -0.39 is 18.2 Å². The van der Waals surface area contributed by atoms with E-state index in [1.54, 1.807) is 36.1 Å². The Kier molecular flexibility index (Phi) is 13.4. The number of carboxylic acids is 1. The summed E-state index contributed by atoms with van der Waals surface area (Å²) in [5.74, 6) is -0.132. The predicted molar refractivity (Wildman–Crippen MR) is 162 cm³/mol. The molecule has 1 atom stereocenters. The van der Waals surface area contributed by atoms with Crippen molar-refractivity contribution in [2.45, 2.75) is 59.7 Å². The van der Waals surface area contributed by atoms with Crippen LogP contribution in [0.1, 0.15) is 47.6 Å². The van der Waals surface area contributed by atoms with Gasteiger partial charge < -0.3 is 29.0 Å². The van der Waals surface area contributed by atoms with Crippen molar-refractivity contribution in [3.8, 4) is 11.5 Å². The summed E-state index contributed by atoms with van der Waals surface area (Å²) in [4.78, 5) is 26.2. The van der Waals surface area contributed by atoms with Crippen LogP contribution in [0.3, 0.4) is 0 Å². The van der Waals surface area contributed by atoms with Crippen LogP contribution in [0.2, 0.25) is 0 Å². The van der Waals surface area contributed by atoms with Crippen LogP contribution in [-0.4, -0.2) is 61.1 Å². The summed E-state index contributed by atoms with van der Waals surface area (Å²) in [5.41, 5.74) is 4.78. The van der Waals surface area contributed by atoms with Gasteiger partial charge in [-0.3, -0.25) is 0 Å². The molecular weight excluding hydrogens is 553 g/mol. The number of hydrogen-bond acceptors (Lipinski definition) is 6. The smallest absolute Gasteiger partial charge is 0.415 e. The molecule has 8 nitrogen and oxygen atoms in total. The largest absolute Gasteiger partial charge is 0.492 e. The summed E-state index contributed by atoms with van der Waals surface area (Å²) < 4.78 is 35.8. The first-order valence-corrected chi connectivity index (χ1v) is 14.6. The fourth-order valence-electron chi connectivity index (χ4n) is 4.40. The summed E-state index contributed by atoms with van der Waals surface area (Å²) in [5, 5.41) is 9.32. The Morgan fingerprint density at radius 1 is 0.860 bits per heavy atom. The van der Waals surface area contributed by atoms with Crippen molar-refractivity contribution in [1.82, 2.24) is 4.90 Å². The Morgan fingerprint density at radius 3 is 2.21 bits per heavy atom. The van der Waals surface area contributed by atoms with Gasteiger partial charge in [-0.15, -0.1) is 0 Å². The van der Waals surface area contributed by atoms with Crippen molar-refractivity contribution in [3.05, 3.63) is 94.3 Å². The Hall–Kier alpha value is -3.95. The van der Waals surface area contributed by atoms with Crippen LogP contribution >= 0.6 is 0 Å². The van der Waals surface area contributed by atoms with Crippen molar-refractivity contribution >= 4 is 12.1 Å². The molecule has 0 fully saturated rings. The number of carbonyl (C=O) groups is 2. The lowest BCUT2D eigenvalue weighted by atomic mass is 10.1. The van der Waals surface area contributed by atoms with E-state index in [2.05, 4.69) is 0 Å². The molecule has 1 amide bonds. The zero-order chi connectivity index (χ0) is 31.2. The van der Waals surface area contributed by atoms with E-state index in [9.17, 15) is 19.1 Å². The molecule has 0 saturated carbocycles. The van der Waals surface area contributed by atoms with Gasteiger partial charge in [0.05, 0.1) is 13.2 Å². The normalized spacial score (nSPS) is 11.7. The molecule has 3 rings (SSSR count). The van der Waals surface area contributed by atoms with Crippen molar-refractivity contribution < 1.29 is 38.0 Å². The van der Waals surface area contributed by atoms with Crippen LogP contribution in [0.5, 0.6) is 11.5 Å². The second kappa shape index (κ2) is 17.2. The molecule has 9 heteroatoms. The molecule has 0 aliphatic heterocycles. The van der Waals surface area contributed by atoms with Crippen molar-refractivity contribution in [2.24, 2.45) is 0 Å². The second-order valence-corrected chi connectivity index (χ2v) is 10.4. The first-order valence-electron chi connectivity index (χ1n) is 14.6. The number of aliphatic carboxylic acids is 1. The van der Waals surface area contributed by atoms with Gasteiger partial charge in [0.1, 0.15) is 23.9 Å². The number of benzene rings is 3. The number of unbranched alkanes of at least 4 members (excludes halogenated alkanes) is 1. The highest BCUT2D eigenvalue weighted by Crippen LogP contribution is 2.23. The van der Waals surface area contributed by atoms with E-state index in [0.717, 1.165) is 34.2 Å². The van der Waals surface area contributed by atoms with Gasteiger partial charge in [0.25, 0.3) is 0 Å². The quantitative estimate of drug-likeness (QED) is 0.174. The molecule has 0 aliphatic carbocycles. The molecule has 1 unspecified atom stereocenters. The van der Waals surface area contributed by atoms with Crippen molar-refractivity contribution in [1.29, 1.82) is 0 Å². The number of nitrogens with zero attached hydrogens (tertiary/aromatic N) is 1. The second-order valence-electron chi connectivity index (χ2n) is 10.4. The molecule has 232 valence electrons. The van der Waals surface area contributed by atoms with Crippen LogP contribution in [0.4, 0.5) is 9.18 Å². The molecule has 0 radical (unpaired) electrons. The molecule has 43 heavy (non-hydrogen) atoms. The third-order valence-electron chi connectivity index (χ3n) is 7.01. The van der Waals surface area contributed by atoms with E-state index in [-0.39, 0.29) is 18.8 Å². The van der Waals surface area contributed by atoms with E-state index >= 15 is 0 Å². The lowest BCUT2D eigenvalue weighted by Gasteiger charge is -2.23. The minimum atomic E-state index is -0.996. The highest BCUT2D eigenvalue weighted by atomic mass is 19.1. The van der Waals surface area contributed by atoms with Crippen LogP contribution in [0.25, 0.3) is 0 Å². The number of halogens is 1. The molecular formula is C34H42FNO7. The van der Waals surface area contributed by atoms with Crippen molar-refractivity contribution in [2.75, 3.05) is 32.9 Å². The topological polar surface area (TPSA) is 94.5 Å². The molecule has 1 N–H and O–H groups in total. The predicted octanol–water partition coefficient (Wildman–Crippen LogP) is 6.66. The first-order chi connectivity index (χ1) is 20.7. The number of ether oxygens (including phenoxy) is 4. The van der Waals surface area contributed by atoms with Gasteiger partial charge in [0, 0.05) is 26.2 Å². The summed E-state index contributed by atoms with van der Waals surface area (Å²) in [6.07, 6.45) is 0.339. The van der Waals surface area contributed by atoms with Crippen LogP contribution in [0.15, 0.2) is 60.7 Å². The van der Waals surface area contributed by atoms with E-state index in [1.807, 2.05) is 45.0 Å². The van der Waals surface area contributed by atoms with E-state index in [1.165, 1.54) is 12.1 Å². The number of hydrogen-bond donors (Lipinski definition) is 1. The average Bonchev–Trinajstić information content (AvgIpc) is 2.98. The maximum atomic E-state index is 13.2. The minimum Gasteiger partial charge on any atom is -0.492 e. The molecule has 0 bridgehead atoms. The first kappa shape index (κ1) is 33.6. The molecule has 0 heterocycles. The van der Waals surface area contributed by atoms with Gasteiger partial charge >= 0.3 is 12.1 Å². The number of carboxylic acid groups (broad SMARTS) is 1. The van der Waals surface area contributed by atoms with E-state index in [4.69, 9.17) is 18.9 Å². The Morgan fingerprint density at radius 2 is 1.53 bits per heavy atom. The van der Waals surface area contributed by atoms with Gasteiger partial charge in [-0.05, 0) is 98.7 Å². The van der Waals surface area contributed by atoms with Gasteiger partial charge in [-0.25, -0.2) is 14.0 Å². The number of carbonyl (C=O) groups excluding carboxylic acids is 1. The van der Waals surface area contributed by atoms with Gasteiger partial charge in [0.2, 0.25) is 0 Å². The highest BCUT2D eigenvalue weighted by Gasteiger charge is 2.19. The summed E-state index contributed by atoms with van der Waals surface area (Å²) in [6, 6.07) is 17.3. The van der Waals surface area contributed by atoms with E-state index in [0.29, 0.717) is 50.8 Å². The average molecular weight is 596 g/mol. The maximum Gasteiger partial charge on any atom is 0.415 e. The summed E-state index contributed by atoms with van der Waals surface area (Å²) >= 11 is 0. The SMILES string of the molecule is CCOC(Cc1ccc(OCCN(CCCCOCc2ccc(F)cc2)C(=O)Oc2cc(C)c(C)cc2C)cc1)C(=O)O. The molecule has 0 spiro atoms. The van der Waals surface area contributed by atoms with Crippen LogP contribution < -0.4 is 9.47 Å². The van der Waals surface area contributed by atoms with Gasteiger partial charge in [0.15, 0.2) is 6.10 Å². The standard InChI is InChI=1S/C34H42FNO7/c1-5-41-32(33(37)38)22-27-10-14-30(15-11-27)42-19-17-36(34(39)43-31-21-25(3)24(2)20-26(31)4)16-6-7-18-40-23-28-8-12-29(35)13-9-28/h8-15,20-21,32H,5-7,16-19,22-23H2,1-4H3,(H,37,38). The number of rotatable bonds is 17. The Bertz CT molecular complexity index is 1310. The summed E-state index contributed by atoms with van der Waals surface area (Å²) in [6.45, 7) is 9.92. The third kappa shape index (κ3) is 11.3. The van der Waals surface area contributed by atoms with Crippen LogP contribution in [0, 0.1) is 26.6 Å². The zero-order valence-electron chi connectivity index (χ0n) is 25.4. The number of amides is 1. The lowest BCUT2D eigenvalue weighted by molar-refractivity contribution is -0.149. The maximum absolute atomic E-state index is 13.2. The number of aryl methyl sites for hydroxylation is 3. The monoisotopic (exact) mass is 595 g/mol. The molecule has 3 aromatic rings. The fraction of sp³-hybridized carbons (Fsp3) is 0.412. The molecule has 3 aromatic carbocycles. The minimum absolute atomic E-state index is 0.248. The van der Waals surface area contributed by atoms with Crippen LogP contribution in [-0.2, 0) is 27.3 Å². The summed E-state index contributed by atoms with van der Waals surface area (Å²) in [7, 11) is 0. The Labute approximate surface area is 253 Å². The lowest BCUT2D eigenvalue weighted by Crippen LogP contribution is -2.37. The Balaban J connectivity index is 1.54. The molecule has 0 aliphatic rings. The zero-order valence-corrected chi connectivity index (χ0v) is 25.4. The fourth-order valence-corrected chi connectivity index (χ4v) is 4.40. The highest BCUT2D eigenvalue weighted by molar-refractivity contribution is 5.73.